The second-order valence-corrected chi connectivity index (χ2v) is 15.4. The number of aromatic hydroxyl groups is 1. The molecule has 0 heterocycles. The summed E-state index contributed by atoms with van der Waals surface area (Å²) in [6, 6.07) is 5.14. The van der Waals surface area contributed by atoms with Gasteiger partial charge in [-0.1, -0.05) is 56.3 Å². The molecule has 2 aromatic rings. The van der Waals surface area contributed by atoms with Crippen molar-refractivity contribution >= 4 is 65.3 Å². The molecule has 0 saturated carbocycles. The van der Waals surface area contributed by atoms with E-state index in [4.69, 9.17) is 21.3 Å². The molecule has 0 radical (unpaired) electrons. The first-order valence-corrected chi connectivity index (χ1v) is 20.6. The predicted molar refractivity (Wildman–Crippen MR) is 230 cm³/mol. The number of hydrogen-bond donors (Lipinski definition) is 12. The maximum absolute atomic E-state index is 13.9. The summed E-state index contributed by atoms with van der Waals surface area (Å²) in [6.45, 7) is 3.84. The van der Waals surface area contributed by atoms with Crippen molar-refractivity contribution in [2.75, 3.05) is 6.54 Å². The predicted octanol–water partition coefficient (Wildman–Crippen LogP) is -2.07. The largest absolute Gasteiger partial charge is 0.508 e. The average Bonchev–Trinajstić information content (AvgIpc) is 3.24. The topological polar surface area (TPSA) is 394 Å². The number of nitrogens with one attached hydrogen (secondary N) is 7. The molecule has 2 aromatic carbocycles. The van der Waals surface area contributed by atoms with Gasteiger partial charge in [0.1, 0.15) is 48.6 Å². The van der Waals surface area contributed by atoms with Crippen LogP contribution in [0.4, 0.5) is 4.79 Å². The van der Waals surface area contributed by atoms with Gasteiger partial charge in [-0.25, -0.2) is 4.79 Å². The van der Waals surface area contributed by atoms with Gasteiger partial charge in [0, 0.05) is 19.3 Å². The van der Waals surface area contributed by atoms with E-state index in [0.29, 0.717) is 11.1 Å². The van der Waals surface area contributed by atoms with Crippen LogP contribution in [0.25, 0.3) is 0 Å². The second kappa shape index (κ2) is 27.4. The Kier molecular flexibility index (Phi) is 22.6. The molecule has 0 unspecified atom stereocenters. The van der Waals surface area contributed by atoms with Crippen LogP contribution in [0.2, 0.25) is 0 Å². The fraction of sp³-hybridized carbons (Fsp3) is 0.452. The van der Waals surface area contributed by atoms with Crippen molar-refractivity contribution in [2.24, 2.45) is 17.4 Å². The van der Waals surface area contributed by atoms with E-state index in [9.17, 15) is 63.0 Å². The molecule has 24 heteroatoms. The van der Waals surface area contributed by atoms with Crippen LogP contribution in [0.3, 0.4) is 0 Å². The SMILES string of the molecule is CC(C)C[C@H](NC(=O)[C@H](CC(N)=O)NC(=O)[C@H](CCC(=O)O)NC(=O)CNC(=O)[C@H](C)NC(=O)OCc1ccccc1)C(=O)N[C@@H](Cc1ccc(O)cc1)C(=O)N[C@@H](CCC(=O)O)C(N)=O. The quantitative estimate of drug-likeness (QED) is 0.0436. The van der Waals surface area contributed by atoms with Crippen LogP contribution < -0.4 is 48.7 Å². The van der Waals surface area contributed by atoms with E-state index in [1.165, 1.54) is 31.2 Å². The minimum atomic E-state index is -1.81. The zero-order valence-electron chi connectivity index (χ0n) is 36.5. The number of primary amides is 2. The normalized spacial score (nSPS) is 13.5. The monoisotopic (exact) mass is 927 g/mol. The zero-order valence-corrected chi connectivity index (χ0v) is 36.5. The maximum Gasteiger partial charge on any atom is 0.408 e. The molecule has 9 amide bonds. The minimum absolute atomic E-state index is 0.0798. The lowest BCUT2D eigenvalue weighted by molar-refractivity contribution is -0.139. The summed E-state index contributed by atoms with van der Waals surface area (Å²) in [5.74, 6) is -11.2. The number of phenols is 1. The lowest BCUT2D eigenvalue weighted by Gasteiger charge is -2.27. The van der Waals surface area contributed by atoms with Crippen molar-refractivity contribution in [3.8, 4) is 5.75 Å². The number of carboxylic acid groups (broad SMARTS) is 2. The third-order valence-electron chi connectivity index (χ3n) is 9.36. The first-order chi connectivity index (χ1) is 31.0. The number of phenolic OH excluding ortho intramolecular Hbond substituents is 1. The molecule has 66 heavy (non-hydrogen) atoms. The van der Waals surface area contributed by atoms with Gasteiger partial charge in [-0.3, -0.25) is 47.9 Å². The number of carbonyl (C=O) groups is 11. The van der Waals surface area contributed by atoms with Crippen LogP contribution in [0.1, 0.15) is 70.4 Å². The summed E-state index contributed by atoms with van der Waals surface area (Å²) in [5, 5.41) is 44.4. The standard InChI is InChI=1S/C42H57N9O15/c1-22(2)17-29(39(62)50-30(18-24-9-11-26(52)12-10-24)40(63)48-27(36(44)59)13-15-34(55)56)49-41(64)31(19-32(43)53)51-38(61)28(14-16-35(57)58)47-33(54)20-45-37(60)23(3)46-42(65)66-21-25-7-5-4-6-8-25/h4-12,22-23,27-31,52H,13-21H2,1-3H3,(H2,43,53)(H2,44,59)(H,45,60)(H,46,65)(H,47,54)(H,48,63)(H,49,64)(H,50,62)(H,51,61)(H,55,56)(H,57,58)/t23-,27-,28-,29-,30-,31-/m0/s1. The summed E-state index contributed by atoms with van der Waals surface area (Å²) >= 11 is 0. The fourth-order valence-electron chi connectivity index (χ4n) is 5.94. The van der Waals surface area contributed by atoms with E-state index < -0.39 is 134 Å². The fourth-order valence-corrected chi connectivity index (χ4v) is 5.94. The first kappa shape index (κ1) is 54.3. The number of ether oxygens (including phenoxy) is 1. The van der Waals surface area contributed by atoms with Gasteiger partial charge in [-0.05, 0) is 55.4 Å². The van der Waals surface area contributed by atoms with Gasteiger partial charge in [-0.2, -0.15) is 0 Å². The Morgan fingerprint density at radius 3 is 1.67 bits per heavy atom. The molecular formula is C42H57N9O15. The molecule has 0 aromatic heterocycles. The lowest BCUT2D eigenvalue weighted by Crippen LogP contribution is -2.60. The molecule has 0 bridgehead atoms. The Labute approximate surface area is 378 Å². The molecule has 0 fully saturated rings. The van der Waals surface area contributed by atoms with Crippen molar-refractivity contribution in [1.29, 1.82) is 0 Å². The van der Waals surface area contributed by atoms with E-state index in [1.807, 2.05) is 0 Å². The summed E-state index contributed by atoms with van der Waals surface area (Å²) in [6.07, 6.45) is -4.21. The molecule has 0 aliphatic carbocycles. The number of amides is 9. The molecule has 0 saturated heterocycles. The molecule has 0 aliphatic rings. The van der Waals surface area contributed by atoms with Gasteiger partial charge in [-0.15, -0.1) is 0 Å². The summed E-state index contributed by atoms with van der Waals surface area (Å²) in [5.41, 5.74) is 11.9. The Morgan fingerprint density at radius 1 is 0.591 bits per heavy atom. The molecule has 6 atom stereocenters. The highest BCUT2D eigenvalue weighted by atomic mass is 16.5. The molecule has 2 rings (SSSR count). The van der Waals surface area contributed by atoms with Gasteiger partial charge in [0.05, 0.1) is 13.0 Å². The van der Waals surface area contributed by atoms with E-state index >= 15 is 0 Å². The number of carbonyl (C=O) groups excluding carboxylic acids is 9. The Morgan fingerprint density at radius 2 is 1.11 bits per heavy atom. The molecule has 14 N–H and O–H groups in total. The van der Waals surface area contributed by atoms with Crippen LogP contribution in [0.5, 0.6) is 5.75 Å². The highest BCUT2D eigenvalue weighted by Gasteiger charge is 2.34. The number of carboxylic acids is 2. The maximum atomic E-state index is 13.9. The van der Waals surface area contributed by atoms with Gasteiger partial charge in [0.2, 0.25) is 47.3 Å². The molecular weight excluding hydrogens is 871 g/mol. The Bertz CT molecular complexity index is 2050. The first-order valence-electron chi connectivity index (χ1n) is 20.6. The number of benzene rings is 2. The van der Waals surface area contributed by atoms with Crippen molar-refractivity contribution in [1.82, 2.24) is 37.2 Å². The van der Waals surface area contributed by atoms with E-state index in [-0.39, 0.29) is 37.5 Å². The van der Waals surface area contributed by atoms with Crippen molar-refractivity contribution in [3.63, 3.8) is 0 Å². The third kappa shape index (κ3) is 21.1. The van der Waals surface area contributed by atoms with Crippen LogP contribution in [0.15, 0.2) is 54.6 Å². The summed E-state index contributed by atoms with van der Waals surface area (Å²) in [4.78, 5) is 139. The number of nitrogens with two attached hydrogens (primary N) is 2. The Balaban J connectivity index is 2.23. The average molecular weight is 928 g/mol. The number of alkyl carbamates (subject to hydrolysis) is 1. The number of hydrogen-bond acceptors (Lipinski definition) is 13. The molecule has 0 spiro atoms. The molecule has 0 aliphatic heterocycles. The van der Waals surface area contributed by atoms with Crippen molar-refractivity contribution < 1.29 is 72.8 Å². The number of rotatable bonds is 28. The highest BCUT2D eigenvalue weighted by molar-refractivity contribution is 5.98. The van der Waals surface area contributed by atoms with Gasteiger partial charge in [0.15, 0.2) is 0 Å². The van der Waals surface area contributed by atoms with E-state index in [1.54, 1.807) is 44.2 Å². The smallest absolute Gasteiger partial charge is 0.408 e. The van der Waals surface area contributed by atoms with Crippen LogP contribution in [0, 0.1) is 5.92 Å². The van der Waals surface area contributed by atoms with E-state index in [0.717, 1.165) is 0 Å². The summed E-state index contributed by atoms with van der Waals surface area (Å²) < 4.78 is 5.07. The van der Waals surface area contributed by atoms with Gasteiger partial charge in [0.25, 0.3) is 0 Å². The second-order valence-electron chi connectivity index (χ2n) is 15.4. The Hall–Kier alpha value is -7.79. The summed E-state index contributed by atoms with van der Waals surface area (Å²) in [7, 11) is 0. The zero-order chi connectivity index (χ0) is 49.5. The third-order valence-corrected chi connectivity index (χ3v) is 9.36. The minimum Gasteiger partial charge on any atom is -0.508 e. The van der Waals surface area contributed by atoms with Crippen LogP contribution in [-0.2, 0) is 65.7 Å². The van der Waals surface area contributed by atoms with Crippen molar-refractivity contribution in [3.05, 3.63) is 65.7 Å². The van der Waals surface area contributed by atoms with Crippen LogP contribution in [-0.4, -0.2) is 123 Å². The number of aliphatic carboxylic acids is 2. The van der Waals surface area contributed by atoms with Crippen molar-refractivity contribution in [2.45, 2.75) is 109 Å². The van der Waals surface area contributed by atoms with Gasteiger partial charge >= 0.3 is 18.0 Å². The van der Waals surface area contributed by atoms with Crippen LogP contribution >= 0.6 is 0 Å². The van der Waals surface area contributed by atoms with Gasteiger partial charge < -0.3 is 68.7 Å². The molecule has 24 nitrogen and oxygen atoms in total. The highest BCUT2D eigenvalue weighted by Crippen LogP contribution is 2.14. The lowest BCUT2D eigenvalue weighted by atomic mass is 10.00. The molecule has 360 valence electrons. The van der Waals surface area contributed by atoms with E-state index in [2.05, 4.69) is 37.2 Å².